The number of hydrogen-bond acceptors (Lipinski definition) is 4. The molecule has 1 heterocycles. The van der Waals surface area contributed by atoms with Gasteiger partial charge < -0.3 is 9.74 Å². The summed E-state index contributed by atoms with van der Waals surface area (Å²) >= 11 is 5.52. The molecule has 0 N–H and O–H groups in total. The van der Waals surface area contributed by atoms with E-state index in [1.807, 2.05) is 0 Å². The molecule has 0 saturated heterocycles. The molecule has 1 aliphatic heterocycles. The van der Waals surface area contributed by atoms with E-state index < -0.39 is 23.6 Å². The second-order valence-electron chi connectivity index (χ2n) is 6.30. The maximum absolute atomic E-state index is 13.0. The number of benzene rings is 2. The summed E-state index contributed by atoms with van der Waals surface area (Å²) in [6.45, 7) is -0.0843. The number of halogens is 4. The van der Waals surface area contributed by atoms with Crippen molar-refractivity contribution in [1.29, 1.82) is 0 Å². The summed E-state index contributed by atoms with van der Waals surface area (Å²) in [5.74, 6) is -0.897. The monoisotopic (exact) mass is 424 g/mol. The molecule has 0 fully saturated rings. The second-order valence-corrected chi connectivity index (χ2v) is 6.68. The lowest BCUT2D eigenvalue weighted by atomic mass is 10.1. The Balaban J connectivity index is 1.86. The van der Waals surface area contributed by atoms with Crippen molar-refractivity contribution in [2.45, 2.75) is 25.6 Å². The maximum atomic E-state index is 13.0. The summed E-state index contributed by atoms with van der Waals surface area (Å²) in [5, 5.41) is 3.70. The molecule has 1 amide bonds. The lowest BCUT2D eigenvalue weighted by molar-refractivity contribution is -0.143. The van der Waals surface area contributed by atoms with Crippen LogP contribution in [0.5, 0.6) is 0 Å². The number of carbonyl (C=O) groups is 2. The smallest absolute Gasteiger partial charge is 0.317 e. The van der Waals surface area contributed by atoms with Gasteiger partial charge in [-0.25, -0.2) is 4.79 Å². The molecule has 29 heavy (non-hydrogen) atoms. The highest BCUT2D eigenvalue weighted by molar-refractivity contribution is 6.54. The molecule has 0 atom stereocenters. The number of oxime groups is 1. The van der Waals surface area contributed by atoms with Crippen LogP contribution in [0, 0.1) is 0 Å². The number of alkyl halides is 4. The fraction of sp³-hybridized carbons (Fsp3) is 0.250. The minimum Gasteiger partial charge on any atom is -0.317 e. The van der Waals surface area contributed by atoms with Gasteiger partial charge in [0.2, 0.25) is 0 Å². The van der Waals surface area contributed by atoms with Gasteiger partial charge in [-0.3, -0.25) is 4.79 Å². The number of fused-ring (bicyclic) bond motifs is 1. The van der Waals surface area contributed by atoms with Gasteiger partial charge in [0.05, 0.1) is 17.8 Å². The molecule has 0 spiro atoms. The Labute approximate surface area is 169 Å². The Kier molecular flexibility index (Phi) is 6.22. The van der Waals surface area contributed by atoms with Crippen LogP contribution in [0.2, 0.25) is 0 Å². The zero-order chi connectivity index (χ0) is 21.0. The first kappa shape index (κ1) is 20.9. The van der Waals surface area contributed by atoms with Crippen molar-refractivity contribution >= 4 is 34.9 Å². The number of anilines is 1. The SMILES string of the molecule is O=C(CCCCl)O/N=C1\C(=O)N(Cc2cccc(C(F)(F)F)c2)c2ccccc21. The molecule has 0 aromatic heterocycles. The van der Waals surface area contributed by atoms with Gasteiger partial charge in [-0.1, -0.05) is 35.5 Å². The van der Waals surface area contributed by atoms with Crippen molar-refractivity contribution in [3.63, 3.8) is 0 Å². The van der Waals surface area contributed by atoms with E-state index >= 15 is 0 Å². The quantitative estimate of drug-likeness (QED) is 0.389. The average Bonchev–Trinajstić information content (AvgIpc) is 2.96. The minimum atomic E-state index is -4.48. The summed E-state index contributed by atoms with van der Waals surface area (Å²) < 4.78 is 38.9. The molecular weight excluding hydrogens is 409 g/mol. The number of carbonyl (C=O) groups excluding carboxylic acids is 2. The summed E-state index contributed by atoms with van der Waals surface area (Å²) in [5.41, 5.74) is 0.354. The van der Waals surface area contributed by atoms with E-state index in [9.17, 15) is 22.8 Å². The summed E-state index contributed by atoms with van der Waals surface area (Å²) in [4.78, 5) is 30.6. The largest absolute Gasteiger partial charge is 0.416 e. The van der Waals surface area contributed by atoms with Crippen LogP contribution in [0.25, 0.3) is 0 Å². The van der Waals surface area contributed by atoms with Crippen molar-refractivity contribution in [2.24, 2.45) is 5.16 Å². The molecule has 0 unspecified atom stereocenters. The Bertz CT molecular complexity index is 960. The van der Waals surface area contributed by atoms with Crippen molar-refractivity contribution in [3.05, 3.63) is 65.2 Å². The van der Waals surface area contributed by atoms with E-state index in [1.54, 1.807) is 24.3 Å². The van der Waals surface area contributed by atoms with Gasteiger partial charge in [-0.2, -0.15) is 13.2 Å². The summed E-state index contributed by atoms with van der Waals surface area (Å²) in [6.07, 6.45) is -4.01. The van der Waals surface area contributed by atoms with E-state index in [1.165, 1.54) is 17.0 Å². The van der Waals surface area contributed by atoms with Gasteiger partial charge in [-0.15, -0.1) is 11.6 Å². The van der Waals surface area contributed by atoms with Crippen LogP contribution in [0.4, 0.5) is 18.9 Å². The van der Waals surface area contributed by atoms with Gasteiger partial charge in [-0.05, 0) is 30.2 Å². The summed E-state index contributed by atoms with van der Waals surface area (Å²) in [7, 11) is 0. The highest BCUT2D eigenvalue weighted by Gasteiger charge is 2.35. The van der Waals surface area contributed by atoms with Gasteiger partial charge in [0.25, 0.3) is 5.91 Å². The molecule has 5 nitrogen and oxygen atoms in total. The lowest BCUT2D eigenvalue weighted by Gasteiger charge is -2.17. The zero-order valence-corrected chi connectivity index (χ0v) is 15.8. The molecular formula is C20H16ClF3N2O3. The van der Waals surface area contributed by atoms with E-state index in [-0.39, 0.29) is 24.6 Å². The van der Waals surface area contributed by atoms with Crippen LogP contribution in [-0.4, -0.2) is 23.5 Å². The third-order valence-corrected chi connectivity index (χ3v) is 4.51. The average molecular weight is 425 g/mol. The third-order valence-electron chi connectivity index (χ3n) is 4.25. The Hall–Kier alpha value is -2.87. The molecule has 2 aromatic rings. The topological polar surface area (TPSA) is 59.0 Å². The normalized spacial score (nSPS) is 15.0. The van der Waals surface area contributed by atoms with Crippen LogP contribution < -0.4 is 4.90 Å². The van der Waals surface area contributed by atoms with Crippen LogP contribution in [0.15, 0.2) is 53.7 Å². The Morgan fingerprint density at radius 2 is 1.90 bits per heavy atom. The lowest BCUT2D eigenvalue weighted by Crippen LogP contribution is -2.30. The maximum Gasteiger partial charge on any atom is 0.416 e. The Morgan fingerprint density at radius 1 is 1.14 bits per heavy atom. The third kappa shape index (κ3) is 4.76. The molecule has 0 aliphatic carbocycles. The Morgan fingerprint density at radius 3 is 2.62 bits per heavy atom. The second kappa shape index (κ2) is 8.65. The van der Waals surface area contributed by atoms with Crippen LogP contribution >= 0.6 is 11.6 Å². The predicted octanol–water partition coefficient (Wildman–Crippen LogP) is 4.52. The van der Waals surface area contributed by atoms with Crippen LogP contribution in [0.1, 0.15) is 29.5 Å². The molecule has 1 aliphatic rings. The summed E-state index contributed by atoms with van der Waals surface area (Å²) in [6, 6.07) is 11.4. The van der Waals surface area contributed by atoms with E-state index in [0.717, 1.165) is 12.1 Å². The van der Waals surface area contributed by atoms with Crippen molar-refractivity contribution in [1.82, 2.24) is 0 Å². The van der Waals surface area contributed by atoms with Crippen LogP contribution in [-0.2, 0) is 27.1 Å². The fourth-order valence-electron chi connectivity index (χ4n) is 2.89. The zero-order valence-electron chi connectivity index (χ0n) is 15.1. The molecule has 9 heteroatoms. The van der Waals surface area contributed by atoms with E-state index in [4.69, 9.17) is 16.4 Å². The molecule has 0 bridgehead atoms. The van der Waals surface area contributed by atoms with Crippen LogP contribution in [0.3, 0.4) is 0 Å². The first-order chi connectivity index (χ1) is 13.8. The number of para-hydroxylation sites is 1. The first-order valence-corrected chi connectivity index (χ1v) is 9.26. The number of nitrogens with zero attached hydrogens (tertiary/aromatic N) is 2. The molecule has 0 saturated carbocycles. The predicted molar refractivity (Wildman–Crippen MR) is 102 cm³/mol. The van der Waals surface area contributed by atoms with E-state index in [2.05, 4.69) is 5.16 Å². The highest BCUT2D eigenvalue weighted by atomic mass is 35.5. The van der Waals surface area contributed by atoms with Crippen molar-refractivity contribution < 1.29 is 27.6 Å². The standard InChI is InChI=1S/C20H16ClF3N2O3/c21-10-4-9-17(27)29-25-18-15-7-1-2-8-16(15)26(19(18)28)12-13-5-3-6-14(11-13)20(22,23)24/h1-3,5-8,11H,4,9-10,12H2/b25-18-. The molecule has 3 rings (SSSR count). The van der Waals surface area contributed by atoms with Gasteiger partial charge >= 0.3 is 12.1 Å². The first-order valence-electron chi connectivity index (χ1n) is 8.72. The number of amides is 1. The molecule has 0 radical (unpaired) electrons. The van der Waals surface area contributed by atoms with Gasteiger partial charge in [0.15, 0.2) is 5.71 Å². The fourth-order valence-corrected chi connectivity index (χ4v) is 3.02. The molecule has 152 valence electrons. The highest BCUT2D eigenvalue weighted by Crippen LogP contribution is 2.33. The minimum absolute atomic E-state index is 0.0596. The number of hydrogen-bond donors (Lipinski definition) is 0. The van der Waals surface area contributed by atoms with Gasteiger partial charge in [0.1, 0.15) is 0 Å². The van der Waals surface area contributed by atoms with Crippen molar-refractivity contribution in [2.75, 3.05) is 10.8 Å². The number of rotatable bonds is 6. The van der Waals surface area contributed by atoms with Gasteiger partial charge in [0, 0.05) is 17.9 Å². The van der Waals surface area contributed by atoms with E-state index in [0.29, 0.717) is 23.2 Å². The molecule has 2 aromatic carbocycles. The van der Waals surface area contributed by atoms with Crippen molar-refractivity contribution in [3.8, 4) is 0 Å².